The van der Waals surface area contributed by atoms with Gasteiger partial charge in [0.05, 0.1) is 34.0 Å². The molecule has 0 radical (unpaired) electrons. The molecule has 6 bridgehead atoms. The molecule has 4 heterocycles. The Bertz CT molecular complexity index is 2320. The number of nitrogens with zero attached hydrogens (tertiary/aromatic N) is 2. The number of amides is 1. The molecule has 1 N–H and O–H groups in total. The average Bonchev–Trinajstić information content (AvgIpc) is 3.29. The van der Waals surface area contributed by atoms with Crippen LogP contribution in [0.3, 0.4) is 0 Å². The lowest BCUT2D eigenvalue weighted by Crippen LogP contribution is -2.37. The molecular formula is C51H59N3O8. The molecule has 11 nitrogen and oxygen atoms in total. The Hall–Kier alpha value is -5.78. The van der Waals surface area contributed by atoms with Crippen LogP contribution in [0.15, 0.2) is 95.8 Å². The highest BCUT2D eigenvalue weighted by molar-refractivity contribution is 6.01. The second-order valence-corrected chi connectivity index (χ2v) is 16.7. The SMILES string of the molecule is COC1=CC2=C3CC1Oc1c(OC)c(OC)cc4c1[C@@H](Cc1ccc(OCCCCCCCNC(=O)c5ccccc5C=O)c(c1)Oc1ccc(cc1)C3N(C)CC2)N(C)CC4. The molecule has 11 heteroatoms. The number of benzene rings is 4. The highest BCUT2D eigenvalue weighted by Crippen LogP contribution is 2.51. The predicted octanol–water partition coefficient (Wildman–Crippen LogP) is 9.21. The summed E-state index contributed by atoms with van der Waals surface area (Å²) in [7, 11) is 9.48. The Kier molecular flexibility index (Phi) is 13.5. The molecule has 1 amide bonds. The number of ether oxygens (including phenoxy) is 6. The van der Waals surface area contributed by atoms with E-state index in [4.69, 9.17) is 28.4 Å². The number of carbonyl (C=O) groups is 2. The molecule has 9 rings (SSSR count). The lowest BCUT2D eigenvalue weighted by molar-refractivity contribution is 0.0947. The molecule has 0 fully saturated rings. The van der Waals surface area contributed by atoms with Crippen LogP contribution < -0.4 is 29.0 Å². The number of fused-ring (bicyclic) bond motifs is 2. The second-order valence-electron chi connectivity index (χ2n) is 16.7. The van der Waals surface area contributed by atoms with E-state index in [0.29, 0.717) is 65.9 Å². The summed E-state index contributed by atoms with van der Waals surface area (Å²) in [6, 6.07) is 23.8. The van der Waals surface area contributed by atoms with Crippen LogP contribution in [0.5, 0.6) is 34.5 Å². The zero-order chi connectivity index (χ0) is 43.2. The first-order valence-corrected chi connectivity index (χ1v) is 22.0. The topological polar surface area (TPSA) is 108 Å². The summed E-state index contributed by atoms with van der Waals surface area (Å²) in [5, 5.41) is 2.95. The first-order valence-electron chi connectivity index (χ1n) is 22.0. The standard InChI is InChI=1S/C51H59N3O8/c1-53-24-22-36-30-46(58-4)49(59-5)50-47(36)41(53)27-33-15-20-42(60-26-12-8-6-7-11-23-52-51(56)39-14-10-9-13-37(39)32-55)44(28-33)61-38-18-16-34(17-19-38)48-40-31-45(62-50)43(57-3)29-35(40)21-25-54(48)2/h9-10,13-20,28-30,32,41,45,48H,6-8,11-12,21-27,31H2,1-5H3,(H,52,56)/t41-,45?,48?/m1/s1. The number of hydrogen-bond donors (Lipinski definition) is 1. The zero-order valence-electron chi connectivity index (χ0n) is 36.7. The number of unbranched alkanes of at least 4 members (excludes halogenated alkanes) is 4. The van der Waals surface area contributed by atoms with Gasteiger partial charge in [0.25, 0.3) is 5.91 Å². The maximum atomic E-state index is 12.6. The smallest absolute Gasteiger partial charge is 0.252 e. The number of likely N-dealkylation sites (N-methyl/N-ethyl adjacent to an activating group) is 2. The van der Waals surface area contributed by atoms with Crippen LogP contribution in [0.2, 0.25) is 0 Å². The molecule has 3 atom stereocenters. The summed E-state index contributed by atoms with van der Waals surface area (Å²) >= 11 is 0. The molecule has 1 aliphatic carbocycles. The van der Waals surface area contributed by atoms with Crippen molar-refractivity contribution in [2.24, 2.45) is 0 Å². The van der Waals surface area contributed by atoms with Crippen LogP contribution in [0, 0.1) is 0 Å². The molecule has 4 aromatic carbocycles. The van der Waals surface area contributed by atoms with Gasteiger partial charge < -0.3 is 33.7 Å². The van der Waals surface area contributed by atoms with Crippen LogP contribution in [-0.2, 0) is 17.6 Å². The fourth-order valence-electron chi connectivity index (χ4n) is 9.53. The molecule has 4 aliphatic heterocycles. The van der Waals surface area contributed by atoms with Gasteiger partial charge in [0, 0.05) is 48.8 Å². The van der Waals surface area contributed by atoms with Gasteiger partial charge in [0.2, 0.25) is 5.75 Å². The molecule has 0 saturated heterocycles. The van der Waals surface area contributed by atoms with E-state index in [-0.39, 0.29) is 24.1 Å². The number of methoxy groups -OCH3 is 3. The largest absolute Gasteiger partial charge is 0.497 e. The maximum absolute atomic E-state index is 12.6. The highest BCUT2D eigenvalue weighted by atomic mass is 16.6. The van der Waals surface area contributed by atoms with Crippen molar-refractivity contribution in [3.63, 3.8) is 0 Å². The first kappa shape index (κ1) is 42.9. The number of carbonyl (C=O) groups excluding carboxylic acids is 2. The number of hydrogen-bond acceptors (Lipinski definition) is 10. The third kappa shape index (κ3) is 9.06. The van der Waals surface area contributed by atoms with Gasteiger partial charge >= 0.3 is 0 Å². The minimum atomic E-state index is -0.363. The summed E-state index contributed by atoms with van der Waals surface area (Å²) in [4.78, 5) is 28.7. The minimum absolute atomic E-state index is 0.0231. The number of aldehydes is 1. The van der Waals surface area contributed by atoms with Gasteiger partial charge in [0.1, 0.15) is 11.5 Å². The summed E-state index contributed by atoms with van der Waals surface area (Å²) in [5.41, 5.74) is 8.05. The van der Waals surface area contributed by atoms with E-state index in [2.05, 4.69) is 77.8 Å². The normalized spacial score (nSPS) is 19.6. The summed E-state index contributed by atoms with van der Waals surface area (Å²) in [6.45, 7) is 2.93. The quantitative estimate of drug-likeness (QED) is 0.0976. The van der Waals surface area contributed by atoms with Crippen LogP contribution >= 0.6 is 0 Å². The highest BCUT2D eigenvalue weighted by Gasteiger charge is 2.39. The fourth-order valence-corrected chi connectivity index (χ4v) is 9.53. The predicted molar refractivity (Wildman–Crippen MR) is 239 cm³/mol. The first-order chi connectivity index (χ1) is 30.3. The summed E-state index contributed by atoms with van der Waals surface area (Å²) in [6.07, 6.45) is 10.5. The van der Waals surface area contributed by atoms with Crippen molar-refractivity contribution in [3.8, 4) is 34.5 Å². The van der Waals surface area contributed by atoms with Crippen molar-refractivity contribution in [2.45, 2.75) is 76.0 Å². The van der Waals surface area contributed by atoms with Crippen molar-refractivity contribution in [3.05, 3.63) is 129 Å². The fraction of sp³-hybridized carbons (Fsp3) is 0.412. The molecule has 0 aromatic heterocycles. The Morgan fingerprint density at radius 1 is 0.839 bits per heavy atom. The van der Waals surface area contributed by atoms with Crippen LogP contribution in [0.4, 0.5) is 0 Å². The minimum Gasteiger partial charge on any atom is -0.497 e. The van der Waals surface area contributed by atoms with E-state index in [1.54, 1.807) is 45.6 Å². The van der Waals surface area contributed by atoms with Gasteiger partial charge in [-0.05, 0) is 117 Å². The van der Waals surface area contributed by atoms with Gasteiger partial charge in [-0.3, -0.25) is 19.4 Å². The number of allylic oxidation sites excluding steroid dienone is 1. The van der Waals surface area contributed by atoms with Gasteiger partial charge in [-0.15, -0.1) is 0 Å². The van der Waals surface area contributed by atoms with Crippen molar-refractivity contribution in [1.29, 1.82) is 0 Å². The van der Waals surface area contributed by atoms with Gasteiger partial charge in [-0.2, -0.15) is 0 Å². The number of rotatable bonds is 14. The molecule has 62 heavy (non-hydrogen) atoms. The van der Waals surface area contributed by atoms with E-state index >= 15 is 0 Å². The molecule has 4 aromatic rings. The molecule has 0 spiro atoms. The van der Waals surface area contributed by atoms with Crippen LogP contribution in [0.25, 0.3) is 0 Å². The lowest BCUT2D eigenvalue weighted by atomic mass is 9.81. The van der Waals surface area contributed by atoms with E-state index < -0.39 is 0 Å². The molecule has 5 aliphatic rings. The molecule has 2 unspecified atom stereocenters. The summed E-state index contributed by atoms with van der Waals surface area (Å²) in [5.74, 6) is 4.68. The van der Waals surface area contributed by atoms with E-state index in [9.17, 15) is 9.59 Å². The zero-order valence-corrected chi connectivity index (χ0v) is 36.7. The molecule has 0 saturated carbocycles. The van der Waals surface area contributed by atoms with Gasteiger partial charge in [-0.1, -0.05) is 55.7 Å². The van der Waals surface area contributed by atoms with Gasteiger partial charge in [0.15, 0.2) is 35.4 Å². The second kappa shape index (κ2) is 19.5. The Morgan fingerprint density at radius 2 is 1.63 bits per heavy atom. The van der Waals surface area contributed by atoms with E-state index in [0.717, 1.165) is 87.0 Å². The van der Waals surface area contributed by atoms with E-state index in [1.807, 2.05) is 6.07 Å². The monoisotopic (exact) mass is 841 g/mol. The van der Waals surface area contributed by atoms with Crippen LogP contribution in [0.1, 0.15) is 100.0 Å². The number of nitrogens with one attached hydrogen (secondary N) is 1. The summed E-state index contributed by atoms with van der Waals surface area (Å²) < 4.78 is 38.6. The molecule has 326 valence electrons. The van der Waals surface area contributed by atoms with E-state index in [1.165, 1.54) is 22.3 Å². The Morgan fingerprint density at radius 3 is 2.42 bits per heavy atom. The Balaban J connectivity index is 1.04. The van der Waals surface area contributed by atoms with Crippen molar-refractivity contribution >= 4 is 12.2 Å². The maximum Gasteiger partial charge on any atom is 0.252 e. The molecular weight excluding hydrogens is 783 g/mol. The van der Waals surface area contributed by atoms with Crippen LogP contribution in [-0.4, -0.2) is 89.8 Å². The average molecular weight is 842 g/mol. The van der Waals surface area contributed by atoms with Crippen molar-refractivity contribution < 1.29 is 38.0 Å². The Labute approximate surface area is 365 Å². The third-order valence-corrected chi connectivity index (χ3v) is 12.9. The van der Waals surface area contributed by atoms with Crippen molar-refractivity contribution in [1.82, 2.24) is 15.1 Å². The lowest BCUT2D eigenvalue weighted by Gasteiger charge is -2.41. The van der Waals surface area contributed by atoms with Crippen molar-refractivity contribution in [2.75, 3.05) is 61.7 Å². The van der Waals surface area contributed by atoms with Gasteiger partial charge in [-0.25, -0.2) is 0 Å². The third-order valence-electron chi connectivity index (χ3n) is 12.9.